The first-order valence-electron chi connectivity index (χ1n) is 8.97. The fourth-order valence-electron chi connectivity index (χ4n) is 2.82. The van der Waals surface area contributed by atoms with E-state index in [0.29, 0.717) is 25.3 Å². The molecule has 0 aromatic heterocycles. The summed E-state index contributed by atoms with van der Waals surface area (Å²) in [7, 11) is 0. The molecule has 3 rings (SSSR count). The molecule has 0 unspecified atom stereocenters. The smallest absolute Gasteiger partial charge is 0.251 e. The fraction of sp³-hybridized carbons (Fsp3) is 0.174. The second-order valence-electron chi connectivity index (χ2n) is 6.05. The predicted molar refractivity (Wildman–Crippen MR) is 108 cm³/mol. The number of ether oxygens (including phenoxy) is 2. The molecule has 27 heavy (non-hydrogen) atoms. The molecule has 0 atom stereocenters. The summed E-state index contributed by atoms with van der Waals surface area (Å²) in [5.41, 5.74) is 1.40. The Morgan fingerprint density at radius 2 is 1.85 bits per heavy atom. The van der Waals surface area contributed by atoms with Gasteiger partial charge in [0.1, 0.15) is 18.1 Å². The van der Waals surface area contributed by atoms with Crippen molar-refractivity contribution in [1.29, 1.82) is 0 Å². The Morgan fingerprint density at radius 3 is 2.63 bits per heavy atom. The first-order valence-corrected chi connectivity index (χ1v) is 8.97. The van der Waals surface area contributed by atoms with Crippen molar-refractivity contribution in [3.05, 3.63) is 84.4 Å². The SMILES string of the molecule is C=CCNC(=O)c1ccc(OCC)c(COc2ccc3ccccc3c2)c1. The van der Waals surface area contributed by atoms with Crippen LogP contribution in [0.2, 0.25) is 0 Å². The Balaban J connectivity index is 1.80. The van der Waals surface area contributed by atoms with Crippen LogP contribution < -0.4 is 14.8 Å². The van der Waals surface area contributed by atoms with Gasteiger partial charge in [-0.2, -0.15) is 0 Å². The highest BCUT2D eigenvalue weighted by Crippen LogP contribution is 2.25. The Bertz CT molecular complexity index is 949. The van der Waals surface area contributed by atoms with Crippen molar-refractivity contribution in [1.82, 2.24) is 5.32 Å². The molecule has 3 aromatic carbocycles. The van der Waals surface area contributed by atoms with Gasteiger partial charge in [-0.1, -0.05) is 36.4 Å². The number of rotatable bonds is 8. The number of hydrogen-bond donors (Lipinski definition) is 1. The van der Waals surface area contributed by atoms with E-state index in [1.165, 1.54) is 5.39 Å². The third-order valence-corrected chi connectivity index (χ3v) is 4.14. The van der Waals surface area contributed by atoms with Gasteiger partial charge < -0.3 is 14.8 Å². The van der Waals surface area contributed by atoms with Gasteiger partial charge in [0.25, 0.3) is 5.91 Å². The molecule has 4 nitrogen and oxygen atoms in total. The molecule has 138 valence electrons. The van der Waals surface area contributed by atoms with Crippen LogP contribution in [0.3, 0.4) is 0 Å². The third kappa shape index (κ3) is 4.67. The van der Waals surface area contributed by atoms with Crippen LogP contribution in [0.15, 0.2) is 73.3 Å². The van der Waals surface area contributed by atoms with Crippen LogP contribution in [0.5, 0.6) is 11.5 Å². The van der Waals surface area contributed by atoms with Crippen LogP contribution >= 0.6 is 0 Å². The van der Waals surface area contributed by atoms with Gasteiger partial charge in [-0.05, 0) is 48.0 Å². The van der Waals surface area contributed by atoms with E-state index in [4.69, 9.17) is 9.47 Å². The van der Waals surface area contributed by atoms with E-state index < -0.39 is 0 Å². The summed E-state index contributed by atoms with van der Waals surface area (Å²) >= 11 is 0. The van der Waals surface area contributed by atoms with Crippen LogP contribution in [0, 0.1) is 0 Å². The van der Waals surface area contributed by atoms with Crippen molar-refractivity contribution in [3.8, 4) is 11.5 Å². The molecule has 0 spiro atoms. The summed E-state index contributed by atoms with van der Waals surface area (Å²) in [6, 6.07) is 19.5. The minimum atomic E-state index is -0.148. The normalized spacial score (nSPS) is 10.4. The quantitative estimate of drug-likeness (QED) is 0.590. The van der Waals surface area contributed by atoms with E-state index in [1.807, 2.05) is 49.4 Å². The fourth-order valence-corrected chi connectivity index (χ4v) is 2.82. The maximum absolute atomic E-state index is 12.2. The van der Waals surface area contributed by atoms with E-state index in [-0.39, 0.29) is 5.91 Å². The highest BCUT2D eigenvalue weighted by atomic mass is 16.5. The third-order valence-electron chi connectivity index (χ3n) is 4.14. The minimum absolute atomic E-state index is 0.148. The van der Waals surface area contributed by atoms with Crippen molar-refractivity contribution in [2.45, 2.75) is 13.5 Å². The molecule has 0 heterocycles. The molecule has 1 amide bonds. The average Bonchev–Trinajstić information content (AvgIpc) is 2.71. The number of carbonyl (C=O) groups excluding carboxylic acids is 1. The number of nitrogens with one attached hydrogen (secondary N) is 1. The van der Waals surface area contributed by atoms with Crippen molar-refractivity contribution < 1.29 is 14.3 Å². The molecule has 0 saturated carbocycles. The highest BCUT2D eigenvalue weighted by molar-refractivity contribution is 5.94. The first-order chi connectivity index (χ1) is 13.2. The van der Waals surface area contributed by atoms with Gasteiger partial charge in [0.05, 0.1) is 6.61 Å². The van der Waals surface area contributed by atoms with E-state index in [1.54, 1.807) is 12.1 Å². The summed E-state index contributed by atoms with van der Waals surface area (Å²) in [4.78, 5) is 12.2. The molecule has 0 fully saturated rings. The van der Waals surface area contributed by atoms with Crippen molar-refractivity contribution in [2.75, 3.05) is 13.2 Å². The summed E-state index contributed by atoms with van der Waals surface area (Å²) in [5.74, 6) is 1.35. The Hall–Kier alpha value is -3.27. The molecular formula is C23H23NO3. The number of fused-ring (bicyclic) bond motifs is 1. The molecule has 4 heteroatoms. The van der Waals surface area contributed by atoms with Crippen molar-refractivity contribution in [2.24, 2.45) is 0 Å². The molecule has 0 aliphatic carbocycles. The van der Waals surface area contributed by atoms with Crippen molar-refractivity contribution in [3.63, 3.8) is 0 Å². The molecule has 0 aliphatic rings. The van der Waals surface area contributed by atoms with Gasteiger partial charge in [0, 0.05) is 17.7 Å². The van der Waals surface area contributed by atoms with E-state index in [2.05, 4.69) is 24.0 Å². The summed E-state index contributed by atoms with van der Waals surface area (Å²) in [6.07, 6.45) is 1.65. The predicted octanol–water partition coefficient (Wildman–Crippen LogP) is 4.73. The van der Waals surface area contributed by atoms with Crippen LogP contribution in [-0.4, -0.2) is 19.1 Å². The monoisotopic (exact) mass is 361 g/mol. The molecule has 3 aromatic rings. The van der Waals surface area contributed by atoms with Crippen LogP contribution in [0.1, 0.15) is 22.8 Å². The van der Waals surface area contributed by atoms with Gasteiger partial charge in [-0.3, -0.25) is 4.79 Å². The van der Waals surface area contributed by atoms with Crippen LogP contribution in [0.4, 0.5) is 0 Å². The number of hydrogen-bond acceptors (Lipinski definition) is 3. The standard InChI is InChI=1S/C23H23NO3/c1-3-13-24-23(25)19-10-12-22(26-4-2)20(14-19)16-27-21-11-9-17-7-5-6-8-18(17)15-21/h3,5-12,14-15H,1,4,13,16H2,2H3,(H,24,25). The molecule has 1 N–H and O–H groups in total. The number of benzene rings is 3. The zero-order chi connectivity index (χ0) is 19.1. The summed E-state index contributed by atoms with van der Waals surface area (Å²) in [6.45, 7) is 6.83. The topological polar surface area (TPSA) is 47.6 Å². The Morgan fingerprint density at radius 1 is 1.04 bits per heavy atom. The van der Waals surface area contributed by atoms with E-state index >= 15 is 0 Å². The lowest BCUT2D eigenvalue weighted by Crippen LogP contribution is -2.23. The second kappa shape index (κ2) is 8.90. The lowest BCUT2D eigenvalue weighted by molar-refractivity contribution is 0.0958. The van der Waals surface area contributed by atoms with Gasteiger partial charge in [-0.25, -0.2) is 0 Å². The van der Waals surface area contributed by atoms with Crippen molar-refractivity contribution >= 4 is 16.7 Å². The number of amides is 1. The van der Waals surface area contributed by atoms with E-state index in [0.717, 1.165) is 22.4 Å². The average molecular weight is 361 g/mol. The molecule has 0 radical (unpaired) electrons. The maximum Gasteiger partial charge on any atom is 0.251 e. The Labute approximate surface area is 159 Å². The summed E-state index contributed by atoms with van der Waals surface area (Å²) in [5, 5.41) is 5.07. The Kier molecular flexibility index (Phi) is 6.10. The lowest BCUT2D eigenvalue weighted by atomic mass is 10.1. The van der Waals surface area contributed by atoms with Crippen LogP contribution in [0.25, 0.3) is 10.8 Å². The van der Waals surface area contributed by atoms with E-state index in [9.17, 15) is 4.79 Å². The molecular weight excluding hydrogens is 338 g/mol. The molecule has 0 bridgehead atoms. The zero-order valence-corrected chi connectivity index (χ0v) is 15.4. The first kappa shape index (κ1) is 18.5. The van der Waals surface area contributed by atoms with Gasteiger partial charge >= 0.3 is 0 Å². The maximum atomic E-state index is 12.2. The highest BCUT2D eigenvalue weighted by Gasteiger charge is 2.11. The minimum Gasteiger partial charge on any atom is -0.493 e. The summed E-state index contributed by atoms with van der Waals surface area (Å²) < 4.78 is 11.7. The lowest BCUT2D eigenvalue weighted by Gasteiger charge is -2.13. The number of carbonyl (C=O) groups is 1. The van der Waals surface area contributed by atoms with Gasteiger partial charge in [0.15, 0.2) is 0 Å². The largest absolute Gasteiger partial charge is 0.493 e. The second-order valence-corrected chi connectivity index (χ2v) is 6.05. The van der Waals surface area contributed by atoms with Gasteiger partial charge in [-0.15, -0.1) is 6.58 Å². The zero-order valence-electron chi connectivity index (χ0n) is 15.4. The van der Waals surface area contributed by atoms with Gasteiger partial charge in [0.2, 0.25) is 0 Å². The molecule has 0 aliphatic heterocycles. The van der Waals surface area contributed by atoms with Crippen LogP contribution in [-0.2, 0) is 6.61 Å². The molecule has 0 saturated heterocycles.